The second-order valence-corrected chi connectivity index (χ2v) is 6.35. The maximum atomic E-state index is 12.5. The quantitative estimate of drug-likeness (QED) is 0.768. The first-order valence-corrected chi connectivity index (χ1v) is 8.14. The monoisotopic (exact) mass is 392 g/mol. The van der Waals surface area contributed by atoms with Crippen molar-refractivity contribution in [3.8, 4) is 5.75 Å². The van der Waals surface area contributed by atoms with Crippen LogP contribution in [0.4, 0.5) is 5.69 Å². The predicted molar refractivity (Wildman–Crippen MR) is 100 cm³/mol. The summed E-state index contributed by atoms with van der Waals surface area (Å²) in [6.07, 6.45) is 0. The molecule has 0 atom stereocenters. The first kappa shape index (κ1) is 17.4. The third kappa shape index (κ3) is 4.30. The van der Waals surface area contributed by atoms with Crippen molar-refractivity contribution < 1.29 is 9.53 Å². The van der Waals surface area contributed by atoms with E-state index in [9.17, 15) is 4.79 Å². The van der Waals surface area contributed by atoms with E-state index < -0.39 is 0 Å². The highest BCUT2D eigenvalue weighted by Gasteiger charge is 2.16. The molecule has 6 heteroatoms. The fourth-order valence-electron chi connectivity index (χ4n) is 2.21. The zero-order chi connectivity index (χ0) is 17.0. The van der Waals surface area contributed by atoms with Crippen LogP contribution in [0.15, 0.2) is 40.9 Å². The van der Waals surface area contributed by atoms with Gasteiger partial charge in [0.15, 0.2) is 5.11 Å². The van der Waals surface area contributed by atoms with Gasteiger partial charge in [-0.3, -0.25) is 10.1 Å². The van der Waals surface area contributed by atoms with Crippen LogP contribution >= 0.6 is 28.1 Å². The Morgan fingerprint density at radius 3 is 2.52 bits per heavy atom. The summed E-state index contributed by atoms with van der Waals surface area (Å²) in [6.45, 7) is 3.84. The van der Waals surface area contributed by atoms with Crippen LogP contribution in [0.5, 0.6) is 5.75 Å². The Morgan fingerprint density at radius 2 is 1.87 bits per heavy atom. The van der Waals surface area contributed by atoms with Crippen molar-refractivity contribution in [3.05, 3.63) is 57.6 Å². The van der Waals surface area contributed by atoms with E-state index >= 15 is 0 Å². The molecule has 23 heavy (non-hydrogen) atoms. The molecule has 0 spiro atoms. The first-order chi connectivity index (χ1) is 10.9. The lowest BCUT2D eigenvalue weighted by molar-refractivity contribution is 0.0974. The number of carbonyl (C=O) groups is 1. The van der Waals surface area contributed by atoms with Crippen LogP contribution in [-0.2, 0) is 0 Å². The molecular formula is C17H17BrN2O2S. The van der Waals surface area contributed by atoms with E-state index in [-0.39, 0.29) is 11.0 Å². The normalized spacial score (nSPS) is 10.1. The molecule has 2 aromatic carbocycles. The molecule has 4 nitrogen and oxygen atoms in total. The van der Waals surface area contributed by atoms with Gasteiger partial charge in [-0.25, -0.2) is 0 Å². The molecule has 120 valence electrons. The molecule has 1 amide bonds. The number of para-hydroxylation sites is 1. The number of ether oxygens (including phenoxy) is 1. The Morgan fingerprint density at radius 1 is 1.17 bits per heavy atom. The van der Waals surface area contributed by atoms with Crippen molar-refractivity contribution in [2.75, 3.05) is 12.4 Å². The topological polar surface area (TPSA) is 50.4 Å². The fraction of sp³-hybridized carbons (Fsp3) is 0.176. The van der Waals surface area contributed by atoms with E-state index in [4.69, 9.17) is 17.0 Å². The minimum atomic E-state index is -0.322. The average molecular weight is 393 g/mol. The number of carbonyl (C=O) groups excluding carboxylic acids is 1. The van der Waals surface area contributed by atoms with Crippen LogP contribution in [-0.4, -0.2) is 18.1 Å². The molecule has 0 unspecified atom stereocenters. The number of halogens is 1. The standard InChI is InChI=1S/C17H17BrN2O2S/c1-10-6-4-5-7-14(10)19-17(23)20-16(21)13-9-12(18)8-11(2)15(13)22-3/h4-9H,1-3H3,(H2,19,20,21,23). The van der Waals surface area contributed by atoms with Crippen molar-refractivity contribution in [1.82, 2.24) is 5.32 Å². The summed E-state index contributed by atoms with van der Waals surface area (Å²) in [5.74, 6) is 0.210. The number of hydrogen-bond donors (Lipinski definition) is 2. The molecule has 2 aromatic rings. The minimum absolute atomic E-state index is 0.240. The number of amides is 1. The summed E-state index contributed by atoms with van der Waals surface area (Å²) in [5.41, 5.74) is 3.19. The van der Waals surface area contributed by atoms with Crippen LogP contribution in [0.3, 0.4) is 0 Å². The lowest BCUT2D eigenvalue weighted by atomic mass is 10.1. The third-order valence-corrected chi connectivity index (χ3v) is 3.97. The highest BCUT2D eigenvalue weighted by molar-refractivity contribution is 9.10. The maximum absolute atomic E-state index is 12.5. The van der Waals surface area contributed by atoms with Gasteiger partial charge < -0.3 is 10.1 Å². The van der Waals surface area contributed by atoms with Gasteiger partial charge in [-0.15, -0.1) is 0 Å². The smallest absolute Gasteiger partial charge is 0.261 e. The van der Waals surface area contributed by atoms with Gasteiger partial charge in [0.2, 0.25) is 0 Å². The van der Waals surface area contributed by atoms with E-state index in [1.165, 1.54) is 7.11 Å². The van der Waals surface area contributed by atoms with E-state index in [1.54, 1.807) is 6.07 Å². The van der Waals surface area contributed by atoms with Gasteiger partial charge in [-0.1, -0.05) is 34.1 Å². The Hall–Kier alpha value is -1.92. The van der Waals surface area contributed by atoms with Gasteiger partial charge in [0.25, 0.3) is 5.91 Å². The lowest BCUT2D eigenvalue weighted by Gasteiger charge is -2.14. The second kappa shape index (κ2) is 7.57. The number of benzene rings is 2. The van der Waals surface area contributed by atoms with Crippen molar-refractivity contribution >= 4 is 44.9 Å². The summed E-state index contributed by atoms with van der Waals surface area (Å²) in [6, 6.07) is 11.3. The third-order valence-electron chi connectivity index (χ3n) is 3.31. The highest BCUT2D eigenvalue weighted by atomic mass is 79.9. The Kier molecular flexibility index (Phi) is 5.74. The molecule has 0 radical (unpaired) electrons. The van der Waals surface area contributed by atoms with E-state index in [0.717, 1.165) is 21.3 Å². The maximum Gasteiger partial charge on any atom is 0.261 e. The summed E-state index contributed by atoms with van der Waals surface area (Å²) < 4.78 is 6.13. The molecule has 0 fully saturated rings. The number of hydrogen-bond acceptors (Lipinski definition) is 3. The molecule has 0 saturated carbocycles. The van der Waals surface area contributed by atoms with Gasteiger partial charge in [-0.05, 0) is 55.4 Å². The van der Waals surface area contributed by atoms with Crippen molar-refractivity contribution in [2.45, 2.75) is 13.8 Å². The number of methoxy groups -OCH3 is 1. The molecule has 0 aliphatic heterocycles. The zero-order valence-electron chi connectivity index (χ0n) is 13.1. The second-order valence-electron chi connectivity index (χ2n) is 5.03. The molecular weight excluding hydrogens is 376 g/mol. The van der Waals surface area contributed by atoms with Crippen molar-refractivity contribution in [1.29, 1.82) is 0 Å². The van der Waals surface area contributed by atoms with Crippen LogP contribution in [0.2, 0.25) is 0 Å². The molecule has 0 heterocycles. The summed E-state index contributed by atoms with van der Waals surface area (Å²) >= 11 is 8.61. The number of rotatable bonds is 3. The lowest BCUT2D eigenvalue weighted by Crippen LogP contribution is -2.34. The number of nitrogens with one attached hydrogen (secondary N) is 2. The fourth-order valence-corrected chi connectivity index (χ4v) is 2.98. The Balaban J connectivity index is 2.16. The van der Waals surface area contributed by atoms with Gasteiger partial charge >= 0.3 is 0 Å². The van der Waals surface area contributed by atoms with E-state index in [1.807, 2.05) is 44.2 Å². The van der Waals surface area contributed by atoms with Gasteiger partial charge in [0.1, 0.15) is 5.75 Å². The highest BCUT2D eigenvalue weighted by Crippen LogP contribution is 2.27. The van der Waals surface area contributed by atoms with Crippen molar-refractivity contribution in [3.63, 3.8) is 0 Å². The molecule has 2 N–H and O–H groups in total. The average Bonchev–Trinajstić information content (AvgIpc) is 2.48. The predicted octanol–water partition coefficient (Wildman–Crippen LogP) is 4.20. The molecule has 0 aromatic heterocycles. The Bertz CT molecular complexity index is 762. The Labute approximate surface area is 149 Å². The van der Waals surface area contributed by atoms with Crippen molar-refractivity contribution in [2.24, 2.45) is 0 Å². The van der Waals surface area contributed by atoms with Crippen LogP contribution in [0.1, 0.15) is 21.5 Å². The summed E-state index contributed by atoms with van der Waals surface area (Å²) in [7, 11) is 1.54. The molecule has 0 aliphatic carbocycles. The number of aryl methyl sites for hydroxylation is 2. The zero-order valence-corrected chi connectivity index (χ0v) is 15.5. The first-order valence-electron chi connectivity index (χ1n) is 6.94. The minimum Gasteiger partial charge on any atom is -0.496 e. The summed E-state index contributed by atoms with van der Waals surface area (Å²) in [4.78, 5) is 12.5. The number of thiocarbonyl (C=S) groups is 1. The largest absolute Gasteiger partial charge is 0.496 e. The molecule has 0 bridgehead atoms. The summed E-state index contributed by atoms with van der Waals surface area (Å²) in [5, 5.41) is 5.95. The van der Waals surface area contributed by atoms with Crippen LogP contribution < -0.4 is 15.4 Å². The van der Waals surface area contributed by atoms with Gasteiger partial charge in [0.05, 0.1) is 12.7 Å². The van der Waals surface area contributed by atoms with Crippen LogP contribution in [0.25, 0.3) is 0 Å². The SMILES string of the molecule is COc1c(C)cc(Br)cc1C(=O)NC(=S)Nc1ccccc1C. The molecule has 0 saturated heterocycles. The van der Waals surface area contributed by atoms with Gasteiger partial charge in [0, 0.05) is 10.2 Å². The van der Waals surface area contributed by atoms with Gasteiger partial charge in [-0.2, -0.15) is 0 Å². The van der Waals surface area contributed by atoms with E-state index in [0.29, 0.717) is 11.3 Å². The van der Waals surface area contributed by atoms with Crippen LogP contribution in [0, 0.1) is 13.8 Å². The van der Waals surface area contributed by atoms with E-state index in [2.05, 4.69) is 26.6 Å². The molecule has 2 rings (SSSR count). The molecule has 0 aliphatic rings. The number of anilines is 1.